The molecule has 0 heterocycles. The van der Waals surface area contributed by atoms with Crippen LogP contribution in [-0.2, 0) is 6.42 Å². The highest BCUT2D eigenvalue weighted by Gasteiger charge is 2.37. The summed E-state index contributed by atoms with van der Waals surface area (Å²) in [6.07, 6.45) is 3.80. The second-order valence-electron chi connectivity index (χ2n) is 6.26. The molecule has 19 heavy (non-hydrogen) atoms. The molecule has 3 heteroatoms. The average Bonchev–Trinajstić information content (AvgIpc) is 2.29. The summed E-state index contributed by atoms with van der Waals surface area (Å²) in [7, 11) is 0. The van der Waals surface area contributed by atoms with Crippen molar-refractivity contribution >= 4 is 0 Å². The van der Waals surface area contributed by atoms with E-state index in [0.717, 1.165) is 25.9 Å². The molecule has 0 radical (unpaired) electrons. The Morgan fingerprint density at radius 3 is 2.32 bits per heavy atom. The van der Waals surface area contributed by atoms with Gasteiger partial charge in [0.2, 0.25) is 0 Å². The molecule has 0 spiro atoms. The van der Waals surface area contributed by atoms with Gasteiger partial charge in [0.05, 0.1) is 0 Å². The summed E-state index contributed by atoms with van der Waals surface area (Å²) >= 11 is 0. The Bertz CT molecular complexity index is 405. The van der Waals surface area contributed by atoms with E-state index in [0.29, 0.717) is 12.3 Å². The maximum absolute atomic E-state index is 13.7. The summed E-state index contributed by atoms with van der Waals surface area (Å²) in [6, 6.07) is 4.14. The Balaban J connectivity index is 2.02. The number of halogens is 2. The molecule has 1 fully saturated rings. The highest BCUT2D eigenvalue weighted by atomic mass is 19.1. The van der Waals surface area contributed by atoms with Crippen LogP contribution in [0.3, 0.4) is 0 Å². The summed E-state index contributed by atoms with van der Waals surface area (Å²) < 4.78 is 27.5. The minimum absolute atomic E-state index is 0.0535. The van der Waals surface area contributed by atoms with Crippen LogP contribution in [0.1, 0.15) is 38.7 Å². The highest BCUT2D eigenvalue weighted by molar-refractivity contribution is 5.22. The van der Waals surface area contributed by atoms with Gasteiger partial charge in [-0.3, -0.25) is 0 Å². The third-order valence-corrected chi connectivity index (χ3v) is 4.08. The monoisotopic (exact) mass is 267 g/mol. The third-order valence-electron chi connectivity index (χ3n) is 4.08. The summed E-state index contributed by atoms with van der Waals surface area (Å²) in [5, 5.41) is 3.44. The second-order valence-corrected chi connectivity index (χ2v) is 6.26. The van der Waals surface area contributed by atoms with Gasteiger partial charge in [-0.05, 0) is 49.3 Å². The molecule has 1 nitrogen and oxygen atoms in total. The Hall–Kier alpha value is -0.960. The van der Waals surface area contributed by atoms with E-state index in [4.69, 9.17) is 0 Å². The lowest BCUT2D eigenvalue weighted by molar-refractivity contribution is 0.126. The Morgan fingerprint density at radius 2 is 1.84 bits per heavy atom. The quantitative estimate of drug-likeness (QED) is 0.823. The first-order valence-corrected chi connectivity index (χ1v) is 7.16. The van der Waals surface area contributed by atoms with Crippen molar-refractivity contribution in [2.24, 2.45) is 11.3 Å². The summed E-state index contributed by atoms with van der Waals surface area (Å²) in [5.74, 6) is -0.215. The number of nitrogens with one attached hydrogen (secondary N) is 1. The van der Waals surface area contributed by atoms with Crippen LogP contribution in [0.15, 0.2) is 18.2 Å². The fourth-order valence-electron chi connectivity index (χ4n) is 2.80. The van der Waals surface area contributed by atoms with E-state index in [1.807, 2.05) is 0 Å². The van der Waals surface area contributed by atoms with Crippen molar-refractivity contribution < 1.29 is 8.78 Å². The van der Waals surface area contributed by atoms with E-state index in [2.05, 4.69) is 19.2 Å². The fraction of sp³-hybridized carbons (Fsp3) is 0.625. The average molecular weight is 267 g/mol. The lowest BCUT2D eigenvalue weighted by Gasteiger charge is -2.42. The van der Waals surface area contributed by atoms with Gasteiger partial charge in [0.1, 0.15) is 11.6 Å². The van der Waals surface area contributed by atoms with Crippen molar-refractivity contribution in [1.29, 1.82) is 0 Å². The van der Waals surface area contributed by atoms with Crippen molar-refractivity contribution in [3.05, 3.63) is 35.4 Å². The molecule has 0 amide bonds. The predicted molar refractivity (Wildman–Crippen MR) is 74.1 cm³/mol. The van der Waals surface area contributed by atoms with E-state index in [1.165, 1.54) is 24.6 Å². The van der Waals surface area contributed by atoms with E-state index >= 15 is 0 Å². The second kappa shape index (κ2) is 6.00. The first kappa shape index (κ1) is 14.4. The number of hydrogen-bond acceptors (Lipinski definition) is 1. The Morgan fingerprint density at radius 1 is 1.21 bits per heavy atom. The molecule has 0 bridgehead atoms. The molecule has 1 aromatic rings. The zero-order valence-corrected chi connectivity index (χ0v) is 11.8. The van der Waals surface area contributed by atoms with Crippen LogP contribution in [0, 0.1) is 23.0 Å². The molecule has 0 aliphatic heterocycles. The molecular formula is C16H23F2N. The molecule has 1 saturated carbocycles. The topological polar surface area (TPSA) is 12.0 Å². The van der Waals surface area contributed by atoms with Crippen LogP contribution in [-0.4, -0.2) is 13.1 Å². The lowest BCUT2D eigenvalue weighted by atomic mass is 9.65. The maximum Gasteiger partial charge on any atom is 0.129 e. The van der Waals surface area contributed by atoms with Gasteiger partial charge in [0, 0.05) is 12.1 Å². The first-order valence-electron chi connectivity index (χ1n) is 7.16. The van der Waals surface area contributed by atoms with Gasteiger partial charge in [-0.15, -0.1) is 0 Å². The van der Waals surface area contributed by atoms with Crippen LogP contribution in [0.25, 0.3) is 0 Å². The third kappa shape index (κ3) is 3.53. The molecular weight excluding hydrogens is 244 g/mol. The molecule has 0 aromatic heterocycles. The number of hydrogen-bond donors (Lipinski definition) is 1. The smallest absolute Gasteiger partial charge is 0.129 e. The van der Waals surface area contributed by atoms with Crippen molar-refractivity contribution in [2.45, 2.75) is 39.5 Å². The normalized spacial score (nSPS) is 17.5. The number of rotatable bonds is 6. The van der Waals surface area contributed by atoms with Gasteiger partial charge in [-0.1, -0.05) is 26.3 Å². The Labute approximate surface area is 114 Å². The zero-order chi connectivity index (χ0) is 13.9. The first-order chi connectivity index (χ1) is 9.02. The van der Waals surface area contributed by atoms with Gasteiger partial charge in [-0.25, -0.2) is 8.78 Å². The highest BCUT2D eigenvalue weighted by Crippen LogP contribution is 2.43. The van der Waals surface area contributed by atoms with E-state index in [9.17, 15) is 8.78 Å². The molecule has 2 rings (SSSR count). The largest absolute Gasteiger partial charge is 0.316 e. The van der Waals surface area contributed by atoms with Crippen LogP contribution < -0.4 is 5.32 Å². The Kier molecular flexibility index (Phi) is 4.56. The van der Waals surface area contributed by atoms with E-state index < -0.39 is 11.6 Å². The van der Waals surface area contributed by atoms with Gasteiger partial charge < -0.3 is 5.32 Å². The molecule has 1 N–H and O–H groups in total. The van der Waals surface area contributed by atoms with Crippen molar-refractivity contribution in [3.8, 4) is 0 Å². The van der Waals surface area contributed by atoms with Crippen molar-refractivity contribution in [2.75, 3.05) is 13.1 Å². The van der Waals surface area contributed by atoms with E-state index in [-0.39, 0.29) is 11.0 Å². The molecule has 1 aliphatic rings. The van der Waals surface area contributed by atoms with Gasteiger partial charge in [-0.2, -0.15) is 0 Å². The van der Waals surface area contributed by atoms with Gasteiger partial charge >= 0.3 is 0 Å². The molecule has 0 atom stereocenters. The van der Waals surface area contributed by atoms with E-state index in [1.54, 1.807) is 0 Å². The van der Waals surface area contributed by atoms with Gasteiger partial charge in [0.25, 0.3) is 0 Å². The SMILES string of the molecule is CC(C)CNCC1(Cc2c(F)cccc2F)CCC1. The van der Waals surface area contributed by atoms with Crippen LogP contribution >= 0.6 is 0 Å². The van der Waals surface area contributed by atoms with Crippen LogP contribution in [0.4, 0.5) is 8.78 Å². The lowest BCUT2D eigenvalue weighted by Crippen LogP contribution is -2.43. The summed E-state index contributed by atoms with van der Waals surface area (Å²) in [5.41, 5.74) is 0.311. The predicted octanol–water partition coefficient (Wildman–Crippen LogP) is 3.92. The van der Waals surface area contributed by atoms with Crippen LogP contribution in [0.2, 0.25) is 0 Å². The van der Waals surface area contributed by atoms with Crippen molar-refractivity contribution in [3.63, 3.8) is 0 Å². The van der Waals surface area contributed by atoms with Gasteiger partial charge in [0.15, 0.2) is 0 Å². The summed E-state index contributed by atoms with van der Waals surface area (Å²) in [6.45, 7) is 6.15. The maximum atomic E-state index is 13.7. The summed E-state index contributed by atoms with van der Waals surface area (Å²) in [4.78, 5) is 0. The minimum atomic E-state index is -0.407. The molecule has 0 saturated heterocycles. The molecule has 1 aromatic carbocycles. The van der Waals surface area contributed by atoms with Crippen LogP contribution in [0.5, 0.6) is 0 Å². The zero-order valence-electron chi connectivity index (χ0n) is 11.8. The standard InChI is InChI=1S/C16H23F2N/c1-12(2)10-19-11-16(7-4-8-16)9-13-14(17)5-3-6-15(13)18/h3,5-6,12,19H,4,7-11H2,1-2H3. The molecule has 106 valence electrons. The molecule has 0 unspecified atom stereocenters. The molecule has 1 aliphatic carbocycles. The van der Waals surface area contributed by atoms with Crippen molar-refractivity contribution in [1.82, 2.24) is 5.32 Å². The fourth-order valence-corrected chi connectivity index (χ4v) is 2.80. The number of benzene rings is 1. The minimum Gasteiger partial charge on any atom is -0.316 e.